The van der Waals surface area contributed by atoms with Crippen LogP contribution in [0.1, 0.15) is 30.1 Å². The van der Waals surface area contributed by atoms with Crippen molar-refractivity contribution in [3.05, 3.63) is 50.4 Å². The van der Waals surface area contributed by atoms with Crippen molar-refractivity contribution in [2.45, 2.75) is 25.3 Å². The predicted molar refractivity (Wildman–Crippen MR) is 92.1 cm³/mol. The monoisotopic (exact) mass is 358 g/mol. The Balaban J connectivity index is 2.26. The Labute approximate surface area is 142 Å². The number of fused-ring (bicyclic) bond motifs is 1. The fourth-order valence-electron chi connectivity index (χ4n) is 2.57. The summed E-state index contributed by atoms with van der Waals surface area (Å²) in [5.41, 5.74) is 1.80. The first-order valence-corrected chi connectivity index (χ1v) is 8.78. The van der Waals surface area contributed by atoms with E-state index in [1.165, 1.54) is 4.88 Å². The van der Waals surface area contributed by atoms with Gasteiger partial charge in [-0.05, 0) is 30.0 Å². The maximum atomic E-state index is 6.18. The van der Waals surface area contributed by atoms with Crippen LogP contribution in [0.2, 0.25) is 10.0 Å². The highest BCUT2D eigenvalue weighted by Crippen LogP contribution is 2.34. The van der Waals surface area contributed by atoms with E-state index in [4.69, 9.17) is 34.8 Å². The summed E-state index contributed by atoms with van der Waals surface area (Å²) in [5, 5.41) is 3.13. The lowest BCUT2D eigenvalue weighted by molar-refractivity contribution is 0.574. The molecule has 0 aliphatic carbocycles. The lowest BCUT2D eigenvalue weighted by Gasteiger charge is -2.19. The lowest BCUT2D eigenvalue weighted by atomic mass is 10.1. The van der Waals surface area contributed by atoms with E-state index in [2.05, 4.69) is 34.0 Å². The number of nitrogens with zero attached hydrogens (tertiary/aromatic N) is 2. The van der Waals surface area contributed by atoms with E-state index in [1.54, 1.807) is 17.4 Å². The summed E-state index contributed by atoms with van der Waals surface area (Å²) < 4.78 is 2.18. The SMILES string of the molecule is CCC(c1cccs1)n1c(CCl)nc2cc(Cl)c(Cl)cc21. The maximum absolute atomic E-state index is 6.18. The number of imidazole rings is 1. The number of alkyl halides is 1. The smallest absolute Gasteiger partial charge is 0.125 e. The van der Waals surface area contributed by atoms with Crippen molar-refractivity contribution in [3.8, 4) is 0 Å². The molecule has 6 heteroatoms. The molecular formula is C15H13Cl3N2S. The Morgan fingerprint density at radius 2 is 2.05 bits per heavy atom. The van der Waals surface area contributed by atoms with Gasteiger partial charge >= 0.3 is 0 Å². The van der Waals surface area contributed by atoms with Crippen molar-refractivity contribution in [3.63, 3.8) is 0 Å². The van der Waals surface area contributed by atoms with Gasteiger partial charge in [0.25, 0.3) is 0 Å². The molecule has 0 radical (unpaired) electrons. The Kier molecular flexibility index (Phi) is 4.46. The van der Waals surface area contributed by atoms with Gasteiger partial charge in [0.15, 0.2) is 0 Å². The van der Waals surface area contributed by atoms with Crippen molar-refractivity contribution in [2.24, 2.45) is 0 Å². The van der Waals surface area contributed by atoms with E-state index in [1.807, 2.05) is 6.07 Å². The van der Waals surface area contributed by atoms with Crippen LogP contribution < -0.4 is 0 Å². The Morgan fingerprint density at radius 1 is 1.29 bits per heavy atom. The molecule has 0 saturated heterocycles. The summed E-state index contributed by atoms with van der Waals surface area (Å²) in [4.78, 5) is 5.89. The molecule has 0 bridgehead atoms. The predicted octanol–water partition coefficient (Wildman–Crippen LogP) is 6.14. The molecule has 0 saturated carbocycles. The Bertz CT molecular complexity index is 765. The fourth-order valence-corrected chi connectivity index (χ4v) is 3.98. The van der Waals surface area contributed by atoms with Crippen molar-refractivity contribution < 1.29 is 0 Å². The molecule has 0 spiro atoms. The summed E-state index contributed by atoms with van der Waals surface area (Å²) in [6.07, 6.45) is 0.954. The highest BCUT2D eigenvalue weighted by atomic mass is 35.5. The van der Waals surface area contributed by atoms with E-state index in [0.29, 0.717) is 15.9 Å². The van der Waals surface area contributed by atoms with E-state index in [9.17, 15) is 0 Å². The fraction of sp³-hybridized carbons (Fsp3) is 0.267. The van der Waals surface area contributed by atoms with Gasteiger partial charge in [0.2, 0.25) is 0 Å². The average molecular weight is 360 g/mol. The van der Waals surface area contributed by atoms with E-state index in [0.717, 1.165) is 23.3 Å². The minimum absolute atomic E-state index is 0.209. The quantitative estimate of drug-likeness (QED) is 0.511. The number of rotatable bonds is 4. The molecule has 0 aliphatic heterocycles. The minimum atomic E-state index is 0.209. The van der Waals surface area contributed by atoms with Crippen molar-refractivity contribution in [2.75, 3.05) is 0 Å². The molecule has 1 atom stereocenters. The first kappa shape index (κ1) is 15.2. The van der Waals surface area contributed by atoms with Crippen LogP contribution in [0.3, 0.4) is 0 Å². The summed E-state index contributed by atoms with van der Waals surface area (Å²) >= 11 is 20.1. The normalized spacial score (nSPS) is 13.0. The first-order chi connectivity index (χ1) is 10.2. The molecule has 3 aromatic rings. The molecule has 3 rings (SSSR count). The van der Waals surface area contributed by atoms with E-state index in [-0.39, 0.29) is 6.04 Å². The second-order valence-electron chi connectivity index (χ2n) is 4.73. The summed E-state index contributed by atoms with van der Waals surface area (Å²) in [5.74, 6) is 1.19. The zero-order valence-corrected chi connectivity index (χ0v) is 14.4. The number of aromatic nitrogens is 2. The molecule has 110 valence electrons. The van der Waals surface area contributed by atoms with E-state index >= 15 is 0 Å². The summed E-state index contributed by atoms with van der Waals surface area (Å²) in [7, 11) is 0. The van der Waals surface area contributed by atoms with Gasteiger partial charge in [-0.1, -0.05) is 36.2 Å². The number of hydrogen-bond acceptors (Lipinski definition) is 2. The molecule has 2 heterocycles. The second kappa shape index (κ2) is 6.17. The molecule has 21 heavy (non-hydrogen) atoms. The van der Waals surface area contributed by atoms with Gasteiger partial charge in [-0.3, -0.25) is 0 Å². The van der Waals surface area contributed by atoms with Gasteiger partial charge in [0.05, 0.1) is 33.0 Å². The third-order valence-electron chi connectivity index (χ3n) is 3.49. The molecule has 0 fully saturated rings. The Morgan fingerprint density at radius 3 is 2.67 bits per heavy atom. The third-order valence-corrected chi connectivity index (χ3v) is 5.43. The minimum Gasteiger partial charge on any atom is -0.318 e. The van der Waals surface area contributed by atoms with Crippen LogP contribution in [0.25, 0.3) is 11.0 Å². The molecule has 1 unspecified atom stereocenters. The van der Waals surface area contributed by atoms with Crippen LogP contribution in [-0.2, 0) is 5.88 Å². The highest BCUT2D eigenvalue weighted by Gasteiger charge is 2.20. The highest BCUT2D eigenvalue weighted by molar-refractivity contribution is 7.10. The van der Waals surface area contributed by atoms with Crippen molar-refractivity contribution in [1.82, 2.24) is 9.55 Å². The lowest BCUT2D eigenvalue weighted by Crippen LogP contribution is -2.11. The van der Waals surface area contributed by atoms with Crippen LogP contribution in [0, 0.1) is 0 Å². The molecular weight excluding hydrogens is 347 g/mol. The molecule has 0 aliphatic rings. The maximum Gasteiger partial charge on any atom is 0.125 e. The first-order valence-electron chi connectivity index (χ1n) is 6.61. The zero-order valence-electron chi connectivity index (χ0n) is 11.3. The molecule has 2 nitrogen and oxygen atoms in total. The number of thiophene rings is 1. The zero-order chi connectivity index (χ0) is 15.0. The summed E-state index contributed by atoms with van der Waals surface area (Å²) in [6.45, 7) is 2.16. The third kappa shape index (κ3) is 2.68. The van der Waals surface area contributed by atoms with Gasteiger partial charge in [-0.2, -0.15) is 0 Å². The Hall–Kier alpha value is -0.740. The van der Waals surface area contributed by atoms with Crippen LogP contribution >= 0.6 is 46.1 Å². The van der Waals surface area contributed by atoms with Gasteiger partial charge in [0.1, 0.15) is 5.82 Å². The van der Waals surface area contributed by atoms with Gasteiger partial charge in [-0.25, -0.2) is 4.98 Å². The van der Waals surface area contributed by atoms with Crippen LogP contribution in [-0.4, -0.2) is 9.55 Å². The molecule has 2 aromatic heterocycles. The van der Waals surface area contributed by atoms with Crippen molar-refractivity contribution in [1.29, 1.82) is 0 Å². The van der Waals surface area contributed by atoms with E-state index < -0.39 is 0 Å². The van der Waals surface area contributed by atoms with Gasteiger partial charge < -0.3 is 4.57 Å². The van der Waals surface area contributed by atoms with Crippen LogP contribution in [0.4, 0.5) is 0 Å². The largest absolute Gasteiger partial charge is 0.318 e. The molecule has 0 amide bonds. The van der Waals surface area contributed by atoms with Gasteiger partial charge in [-0.15, -0.1) is 22.9 Å². The second-order valence-corrected chi connectivity index (χ2v) is 6.79. The summed E-state index contributed by atoms with van der Waals surface area (Å²) in [6, 6.07) is 8.08. The van der Waals surface area contributed by atoms with Crippen LogP contribution in [0.5, 0.6) is 0 Å². The van der Waals surface area contributed by atoms with Gasteiger partial charge in [0, 0.05) is 4.88 Å². The van der Waals surface area contributed by atoms with Crippen molar-refractivity contribution >= 4 is 57.2 Å². The topological polar surface area (TPSA) is 17.8 Å². The molecule has 0 N–H and O–H groups in total. The number of benzene rings is 1. The molecule has 1 aromatic carbocycles. The standard InChI is InChI=1S/C15H13Cl3N2S/c1-2-12(14-4-3-5-21-14)20-13-7-10(18)9(17)6-11(13)19-15(20)8-16/h3-7,12H,2,8H2,1H3. The van der Waals surface area contributed by atoms with Crippen LogP contribution in [0.15, 0.2) is 29.6 Å². The number of halogens is 3. The number of hydrogen-bond donors (Lipinski definition) is 0. The average Bonchev–Trinajstić information content (AvgIpc) is 3.10.